The van der Waals surface area contributed by atoms with E-state index in [0.29, 0.717) is 6.42 Å². The Bertz CT molecular complexity index is 237. The summed E-state index contributed by atoms with van der Waals surface area (Å²) in [6.07, 6.45) is 0.996. The van der Waals surface area contributed by atoms with E-state index >= 15 is 0 Å². The standard InChI is InChI=1S/C11H20O4/c1-5-8(12)6-9(13)7-10(14)15-11(2,3)4/h7-8,12-13H,5-6H2,1-4H3/b9-7-/t8-/m1/s1. The van der Waals surface area contributed by atoms with Crippen molar-refractivity contribution in [2.45, 2.75) is 52.2 Å². The maximum Gasteiger partial charge on any atom is 0.334 e. The number of hydrogen-bond donors (Lipinski definition) is 2. The van der Waals surface area contributed by atoms with Gasteiger partial charge in [0.25, 0.3) is 0 Å². The molecule has 0 fully saturated rings. The van der Waals surface area contributed by atoms with Crippen molar-refractivity contribution in [3.8, 4) is 0 Å². The van der Waals surface area contributed by atoms with Crippen LogP contribution in [-0.2, 0) is 9.53 Å². The van der Waals surface area contributed by atoms with E-state index in [1.165, 1.54) is 0 Å². The molecule has 0 saturated carbocycles. The van der Waals surface area contributed by atoms with E-state index in [0.717, 1.165) is 6.08 Å². The number of esters is 1. The number of hydrogen-bond acceptors (Lipinski definition) is 4. The Morgan fingerprint density at radius 2 is 2.00 bits per heavy atom. The highest BCUT2D eigenvalue weighted by Gasteiger charge is 2.15. The van der Waals surface area contributed by atoms with Crippen LogP contribution in [0.15, 0.2) is 11.8 Å². The summed E-state index contributed by atoms with van der Waals surface area (Å²) in [6.45, 7) is 7.04. The summed E-state index contributed by atoms with van der Waals surface area (Å²) in [4.78, 5) is 11.2. The molecule has 0 aliphatic rings. The SMILES string of the molecule is CC[C@@H](O)C/C(O)=C/C(=O)OC(C)(C)C. The fourth-order valence-corrected chi connectivity index (χ4v) is 0.912. The molecular weight excluding hydrogens is 196 g/mol. The number of carbonyl (C=O) groups is 1. The summed E-state index contributed by atoms with van der Waals surface area (Å²) in [7, 11) is 0. The van der Waals surface area contributed by atoms with Crippen LogP contribution in [0.1, 0.15) is 40.5 Å². The first kappa shape index (κ1) is 14.0. The molecule has 88 valence electrons. The first-order valence-corrected chi connectivity index (χ1v) is 5.05. The van der Waals surface area contributed by atoms with Gasteiger partial charge in [0.05, 0.1) is 12.2 Å². The zero-order valence-electron chi connectivity index (χ0n) is 9.78. The summed E-state index contributed by atoms with van der Waals surface area (Å²) >= 11 is 0. The van der Waals surface area contributed by atoms with Gasteiger partial charge in [0.2, 0.25) is 0 Å². The third-order valence-corrected chi connectivity index (χ3v) is 1.61. The van der Waals surface area contributed by atoms with Crippen molar-refractivity contribution in [2.24, 2.45) is 0 Å². The van der Waals surface area contributed by atoms with Gasteiger partial charge in [-0.15, -0.1) is 0 Å². The van der Waals surface area contributed by atoms with Crippen molar-refractivity contribution in [3.63, 3.8) is 0 Å². The largest absolute Gasteiger partial charge is 0.512 e. The Hall–Kier alpha value is -1.03. The lowest BCUT2D eigenvalue weighted by Crippen LogP contribution is -2.23. The maximum absolute atomic E-state index is 11.2. The van der Waals surface area contributed by atoms with Crippen LogP contribution in [0, 0.1) is 0 Å². The minimum atomic E-state index is -0.622. The average Bonchev–Trinajstić information content (AvgIpc) is 1.99. The molecule has 0 bridgehead atoms. The van der Waals surface area contributed by atoms with Crippen molar-refractivity contribution >= 4 is 5.97 Å². The van der Waals surface area contributed by atoms with Crippen molar-refractivity contribution in [2.75, 3.05) is 0 Å². The molecular formula is C11H20O4. The highest BCUT2D eigenvalue weighted by Crippen LogP contribution is 2.10. The lowest BCUT2D eigenvalue weighted by atomic mass is 10.1. The number of aliphatic hydroxyl groups is 2. The Kier molecular flexibility index (Phi) is 5.36. The molecule has 0 spiro atoms. The second-order valence-electron chi connectivity index (χ2n) is 4.44. The van der Waals surface area contributed by atoms with Crippen molar-refractivity contribution in [1.82, 2.24) is 0 Å². The highest BCUT2D eigenvalue weighted by molar-refractivity contribution is 5.82. The molecule has 1 atom stereocenters. The van der Waals surface area contributed by atoms with Gasteiger partial charge in [-0.1, -0.05) is 6.92 Å². The van der Waals surface area contributed by atoms with Crippen LogP contribution in [0.4, 0.5) is 0 Å². The van der Waals surface area contributed by atoms with E-state index in [1.807, 2.05) is 0 Å². The van der Waals surface area contributed by atoms with Gasteiger partial charge in [-0.3, -0.25) is 0 Å². The predicted molar refractivity (Wildman–Crippen MR) is 57.5 cm³/mol. The van der Waals surface area contributed by atoms with Crippen LogP contribution in [0.5, 0.6) is 0 Å². The monoisotopic (exact) mass is 216 g/mol. The number of ether oxygens (including phenoxy) is 1. The Balaban J connectivity index is 4.18. The summed E-state index contributed by atoms with van der Waals surface area (Å²) in [5.74, 6) is -0.748. The molecule has 0 radical (unpaired) electrons. The Labute approximate surface area is 90.6 Å². The third-order valence-electron chi connectivity index (χ3n) is 1.61. The molecule has 15 heavy (non-hydrogen) atoms. The molecule has 4 heteroatoms. The van der Waals surface area contributed by atoms with E-state index < -0.39 is 17.7 Å². The predicted octanol–water partition coefficient (Wildman–Crippen LogP) is 1.93. The Morgan fingerprint density at radius 3 is 2.40 bits per heavy atom. The van der Waals surface area contributed by atoms with Crippen LogP contribution in [-0.4, -0.2) is 27.9 Å². The van der Waals surface area contributed by atoms with E-state index in [4.69, 9.17) is 4.74 Å². The third kappa shape index (κ3) is 8.00. The number of rotatable bonds is 4. The van der Waals surface area contributed by atoms with E-state index in [1.54, 1.807) is 27.7 Å². The number of aliphatic hydroxyl groups excluding tert-OH is 2. The van der Waals surface area contributed by atoms with Gasteiger partial charge < -0.3 is 14.9 Å². The van der Waals surface area contributed by atoms with Gasteiger partial charge in [-0.2, -0.15) is 0 Å². The molecule has 0 unspecified atom stereocenters. The molecule has 0 aromatic carbocycles. The van der Waals surface area contributed by atoms with Crippen LogP contribution in [0.3, 0.4) is 0 Å². The van der Waals surface area contributed by atoms with Gasteiger partial charge in [0.15, 0.2) is 0 Å². The molecule has 0 aliphatic carbocycles. The second kappa shape index (κ2) is 5.75. The smallest absolute Gasteiger partial charge is 0.334 e. The van der Waals surface area contributed by atoms with Gasteiger partial charge in [-0.05, 0) is 27.2 Å². The van der Waals surface area contributed by atoms with E-state index in [-0.39, 0.29) is 12.2 Å². The maximum atomic E-state index is 11.2. The highest BCUT2D eigenvalue weighted by atomic mass is 16.6. The molecule has 0 heterocycles. The minimum Gasteiger partial charge on any atom is -0.512 e. The zero-order chi connectivity index (χ0) is 12.1. The molecule has 0 aromatic heterocycles. The molecule has 4 nitrogen and oxygen atoms in total. The fraction of sp³-hybridized carbons (Fsp3) is 0.727. The van der Waals surface area contributed by atoms with Crippen molar-refractivity contribution in [3.05, 3.63) is 11.8 Å². The lowest BCUT2D eigenvalue weighted by molar-refractivity contribution is -0.148. The normalized spacial score (nSPS) is 14.9. The molecule has 0 aromatic rings. The van der Waals surface area contributed by atoms with Gasteiger partial charge in [0, 0.05) is 6.42 Å². The van der Waals surface area contributed by atoms with Gasteiger partial charge in [0.1, 0.15) is 11.4 Å². The lowest BCUT2D eigenvalue weighted by Gasteiger charge is -2.18. The fourth-order valence-electron chi connectivity index (χ4n) is 0.912. The van der Waals surface area contributed by atoms with Crippen molar-refractivity contribution < 1.29 is 19.7 Å². The molecule has 2 N–H and O–H groups in total. The zero-order valence-corrected chi connectivity index (χ0v) is 9.78. The van der Waals surface area contributed by atoms with Gasteiger partial charge >= 0.3 is 5.97 Å². The van der Waals surface area contributed by atoms with Gasteiger partial charge in [-0.25, -0.2) is 4.79 Å². The quantitative estimate of drug-likeness (QED) is 0.428. The summed E-state index contributed by atoms with van der Waals surface area (Å²) in [5, 5.41) is 18.5. The first-order valence-electron chi connectivity index (χ1n) is 5.05. The molecule has 0 rings (SSSR count). The first-order chi connectivity index (χ1) is 6.74. The molecule has 0 aliphatic heterocycles. The van der Waals surface area contributed by atoms with Crippen LogP contribution < -0.4 is 0 Å². The summed E-state index contributed by atoms with van der Waals surface area (Å²) in [5.41, 5.74) is -0.572. The summed E-state index contributed by atoms with van der Waals surface area (Å²) in [6, 6.07) is 0. The second-order valence-corrected chi connectivity index (χ2v) is 4.44. The van der Waals surface area contributed by atoms with E-state index in [2.05, 4.69) is 0 Å². The number of carbonyl (C=O) groups excluding carboxylic acids is 1. The minimum absolute atomic E-state index is 0.0791. The Morgan fingerprint density at radius 1 is 1.47 bits per heavy atom. The molecule has 0 saturated heterocycles. The average molecular weight is 216 g/mol. The topological polar surface area (TPSA) is 66.8 Å². The van der Waals surface area contributed by atoms with Crippen LogP contribution in [0.25, 0.3) is 0 Å². The molecule has 0 amide bonds. The van der Waals surface area contributed by atoms with Crippen LogP contribution >= 0.6 is 0 Å². The van der Waals surface area contributed by atoms with E-state index in [9.17, 15) is 15.0 Å². The van der Waals surface area contributed by atoms with Crippen LogP contribution in [0.2, 0.25) is 0 Å². The van der Waals surface area contributed by atoms with Crippen molar-refractivity contribution in [1.29, 1.82) is 0 Å². The summed E-state index contributed by atoms with van der Waals surface area (Å²) < 4.78 is 4.97.